The average molecular weight is 465 g/mol. The Hall–Kier alpha value is -2.71. The summed E-state index contributed by atoms with van der Waals surface area (Å²) in [7, 11) is 2.13. The van der Waals surface area contributed by atoms with E-state index in [-0.39, 0.29) is 30.6 Å². The summed E-state index contributed by atoms with van der Waals surface area (Å²) in [6.07, 6.45) is 7.49. The molecule has 0 spiro atoms. The lowest BCUT2D eigenvalue weighted by molar-refractivity contribution is -0.124. The quantitative estimate of drug-likeness (QED) is 0.295. The average Bonchev–Trinajstić information content (AvgIpc) is 2.77. The minimum atomic E-state index is -0.625. The Morgan fingerprint density at radius 1 is 0.968 bits per heavy atom. The first-order valence-electron chi connectivity index (χ1n) is 9.39. The van der Waals surface area contributed by atoms with Gasteiger partial charge in [-0.3, -0.25) is 19.8 Å². The Morgan fingerprint density at radius 3 is 2.23 bits per heavy atom. The predicted molar refractivity (Wildman–Crippen MR) is 127 cm³/mol. The van der Waals surface area contributed by atoms with Crippen molar-refractivity contribution in [2.24, 2.45) is 0 Å². The summed E-state index contributed by atoms with van der Waals surface area (Å²) in [6, 6.07) is 11.2. The maximum atomic E-state index is 12.4. The van der Waals surface area contributed by atoms with E-state index < -0.39 is 5.91 Å². The Morgan fingerprint density at radius 2 is 1.65 bits per heavy atom. The number of hydrogen-bond acceptors (Lipinski definition) is 6. The summed E-state index contributed by atoms with van der Waals surface area (Å²) < 4.78 is 0. The van der Waals surface area contributed by atoms with Crippen LogP contribution in [0.5, 0.6) is 0 Å². The van der Waals surface area contributed by atoms with E-state index in [1.165, 1.54) is 23.7 Å². The highest BCUT2D eigenvalue weighted by atomic mass is 35.5. The molecule has 0 radical (unpaired) electrons. The number of pyridine rings is 1. The van der Waals surface area contributed by atoms with E-state index in [4.69, 9.17) is 5.21 Å². The number of nitrogens with zero attached hydrogens (tertiary/aromatic N) is 3. The van der Waals surface area contributed by atoms with Gasteiger partial charge in [0.15, 0.2) is 5.78 Å². The monoisotopic (exact) mass is 464 g/mol. The number of carbonyl (C=O) groups excluding carboxylic acids is 2. The zero-order valence-electron chi connectivity index (χ0n) is 17.1. The van der Waals surface area contributed by atoms with Crippen LogP contribution in [0.15, 0.2) is 54.7 Å². The molecule has 1 saturated heterocycles. The smallest absolute Gasteiger partial charge is 0.267 e. The number of rotatable bonds is 6. The van der Waals surface area contributed by atoms with Gasteiger partial charge in [-0.05, 0) is 61.2 Å². The molecular formula is C22H26Cl2N4O3. The van der Waals surface area contributed by atoms with E-state index in [1.54, 1.807) is 24.4 Å². The molecule has 0 bridgehead atoms. The minimum absolute atomic E-state index is 0. The molecule has 1 aliphatic rings. The first-order chi connectivity index (χ1) is 14.0. The third kappa shape index (κ3) is 7.80. The number of halogens is 2. The number of amides is 1. The standard InChI is InChI=1S/C22H24N4O3.2ClH/c1-25-12-14-26(15-13-25)20-8-4-18(5-9-20)21(27)10-3-17-2-6-19(23-16-17)7-11-22(28)24-29;;/h2-11,16,29H,12-15H2,1H3,(H,24,28);2*1H/b10-3+,11-7?;;. The van der Waals surface area contributed by atoms with Crippen LogP contribution in [0.4, 0.5) is 5.69 Å². The van der Waals surface area contributed by atoms with Crippen LogP contribution in [0.3, 0.4) is 0 Å². The van der Waals surface area contributed by atoms with Crippen LogP contribution in [-0.2, 0) is 4.79 Å². The minimum Gasteiger partial charge on any atom is -0.369 e. The molecule has 3 rings (SSSR count). The number of ketones is 1. The van der Waals surface area contributed by atoms with Gasteiger partial charge in [-0.15, -0.1) is 24.8 Å². The van der Waals surface area contributed by atoms with Gasteiger partial charge < -0.3 is 9.80 Å². The molecule has 0 unspecified atom stereocenters. The van der Waals surface area contributed by atoms with E-state index in [9.17, 15) is 9.59 Å². The van der Waals surface area contributed by atoms with Crippen LogP contribution in [-0.4, -0.2) is 60.0 Å². The molecule has 1 aromatic heterocycles. The second kappa shape index (κ2) is 12.9. The third-order valence-electron chi connectivity index (χ3n) is 4.77. The first kappa shape index (κ1) is 26.3. The Labute approximate surface area is 194 Å². The number of nitrogens with one attached hydrogen (secondary N) is 1. The summed E-state index contributed by atoms with van der Waals surface area (Å²) in [5.41, 5.74) is 4.63. The van der Waals surface area contributed by atoms with Crippen molar-refractivity contribution >= 4 is 54.3 Å². The molecule has 0 saturated carbocycles. The maximum Gasteiger partial charge on any atom is 0.267 e. The van der Waals surface area contributed by atoms with Crippen molar-refractivity contribution in [3.8, 4) is 0 Å². The predicted octanol–water partition coefficient (Wildman–Crippen LogP) is 3.09. The van der Waals surface area contributed by atoms with Crippen molar-refractivity contribution < 1.29 is 14.8 Å². The Bertz CT molecular complexity index is 907. The molecule has 2 heterocycles. The maximum absolute atomic E-state index is 12.4. The molecule has 7 nitrogen and oxygen atoms in total. The molecule has 1 aromatic carbocycles. The number of aromatic nitrogens is 1. The molecule has 2 N–H and O–H groups in total. The van der Waals surface area contributed by atoms with E-state index in [1.807, 2.05) is 24.3 Å². The third-order valence-corrected chi connectivity index (χ3v) is 4.77. The van der Waals surface area contributed by atoms with Crippen molar-refractivity contribution in [1.82, 2.24) is 15.4 Å². The topological polar surface area (TPSA) is 85.8 Å². The first-order valence-corrected chi connectivity index (χ1v) is 9.39. The van der Waals surface area contributed by atoms with Gasteiger partial charge in [0.05, 0.1) is 5.69 Å². The summed E-state index contributed by atoms with van der Waals surface area (Å²) in [5.74, 6) is -0.696. The molecule has 1 fully saturated rings. The number of hydroxylamine groups is 1. The van der Waals surface area contributed by atoms with Crippen LogP contribution in [0.1, 0.15) is 21.6 Å². The molecule has 2 aromatic rings. The van der Waals surface area contributed by atoms with Gasteiger partial charge in [-0.1, -0.05) is 6.07 Å². The van der Waals surface area contributed by atoms with Crippen LogP contribution in [0.25, 0.3) is 12.2 Å². The highest BCUT2D eigenvalue weighted by molar-refractivity contribution is 6.07. The zero-order valence-corrected chi connectivity index (χ0v) is 18.7. The van der Waals surface area contributed by atoms with Crippen LogP contribution < -0.4 is 10.4 Å². The second-order valence-electron chi connectivity index (χ2n) is 6.86. The van der Waals surface area contributed by atoms with Gasteiger partial charge in [-0.25, -0.2) is 5.48 Å². The molecule has 0 aliphatic carbocycles. The van der Waals surface area contributed by atoms with Crippen molar-refractivity contribution in [3.63, 3.8) is 0 Å². The molecule has 0 atom stereocenters. The van der Waals surface area contributed by atoms with Crippen LogP contribution in [0.2, 0.25) is 0 Å². The van der Waals surface area contributed by atoms with Gasteiger partial charge in [0.2, 0.25) is 0 Å². The normalized spacial score (nSPS) is 14.2. The van der Waals surface area contributed by atoms with Crippen molar-refractivity contribution in [1.29, 1.82) is 0 Å². The molecule has 1 amide bonds. The van der Waals surface area contributed by atoms with Gasteiger partial charge in [0, 0.05) is 49.7 Å². The largest absolute Gasteiger partial charge is 0.369 e. The van der Waals surface area contributed by atoms with Gasteiger partial charge in [-0.2, -0.15) is 0 Å². The van der Waals surface area contributed by atoms with Gasteiger partial charge in [0.1, 0.15) is 0 Å². The zero-order chi connectivity index (χ0) is 20.6. The number of likely N-dealkylation sites (N-methyl/N-ethyl adjacent to an activating group) is 1. The summed E-state index contributed by atoms with van der Waals surface area (Å²) in [6.45, 7) is 4.07. The Kier molecular flexibility index (Phi) is 10.9. The van der Waals surface area contributed by atoms with E-state index in [0.717, 1.165) is 37.4 Å². The number of hydrogen-bond donors (Lipinski definition) is 2. The van der Waals surface area contributed by atoms with Gasteiger partial charge >= 0.3 is 0 Å². The molecule has 9 heteroatoms. The van der Waals surface area contributed by atoms with Crippen LogP contribution >= 0.6 is 24.8 Å². The van der Waals surface area contributed by atoms with Crippen molar-refractivity contribution in [3.05, 3.63) is 71.6 Å². The number of carbonyl (C=O) groups is 2. The molecular weight excluding hydrogens is 439 g/mol. The van der Waals surface area contributed by atoms with Crippen LogP contribution in [0, 0.1) is 0 Å². The highest BCUT2D eigenvalue weighted by Gasteiger charge is 2.14. The van der Waals surface area contributed by atoms with Crippen molar-refractivity contribution in [2.75, 3.05) is 38.1 Å². The SMILES string of the molecule is CN1CCN(c2ccc(C(=O)/C=C/c3ccc(C=CC(=O)NO)nc3)cc2)CC1.Cl.Cl. The van der Waals surface area contributed by atoms with Gasteiger partial charge in [0.25, 0.3) is 5.91 Å². The fourth-order valence-corrected chi connectivity index (χ4v) is 2.98. The lowest BCUT2D eigenvalue weighted by Crippen LogP contribution is -2.44. The summed E-state index contributed by atoms with van der Waals surface area (Å²) in [5, 5.41) is 8.45. The number of piperazine rings is 1. The molecule has 1 aliphatic heterocycles. The summed E-state index contributed by atoms with van der Waals surface area (Å²) in [4.78, 5) is 32.2. The number of benzene rings is 1. The fourth-order valence-electron chi connectivity index (χ4n) is 2.98. The molecule has 31 heavy (non-hydrogen) atoms. The molecule has 166 valence electrons. The number of allylic oxidation sites excluding steroid dienone is 1. The fraction of sp³-hybridized carbons (Fsp3) is 0.227. The Balaban J connectivity index is 0.00000240. The highest BCUT2D eigenvalue weighted by Crippen LogP contribution is 2.17. The summed E-state index contributed by atoms with van der Waals surface area (Å²) >= 11 is 0. The van der Waals surface area contributed by atoms with E-state index in [2.05, 4.69) is 21.8 Å². The lowest BCUT2D eigenvalue weighted by Gasteiger charge is -2.34. The second-order valence-corrected chi connectivity index (χ2v) is 6.86. The van der Waals surface area contributed by atoms with E-state index in [0.29, 0.717) is 11.3 Å². The van der Waals surface area contributed by atoms with Crippen molar-refractivity contribution in [2.45, 2.75) is 0 Å². The number of anilines is 1. The van der Waals surface area contributed by atoms with E-state index >= 15 is 0 Å². The lowest BCUT2D eigenvalue weighted by atomic mass is 10.1.